The van der Waals surface area contributed by atoms with Gasteiger partial charge in [0, 0.05) is 5.56 Å². The van der Waals surface area contributed by atoms with Crippen molar-refractivity contribution < 1.29 is 14.6 Å². The average molecular weight is 357 g/mol. The Morgan fingerprint density at radius 3 is 2.77 bits per heavy atom. The average Bonchev–Trinajstić information content (AvgIpc) is 3.05. The van der Waals surface area contributed by atoms with Gasteiger partial charge in [0.05, 0.1) is 19.5 Å². The zero-order valence-electron chi connectivity index (χ0n) is 14.2. The second-order valence-electron chi connectivity index (χ2n) is 5.70. The number of nitrogen functional groups attached to an aromatic ring is 1. The van der Waals surface area contributed by atoms with Gasteiger partial charge in [-0.15, -0.1) is 0 Å². The van der Waals surface area contributed by atoms with Crippen molar-refractivity contribution in [3.8, 4) is 0 Å². The molecule has 136 valence electrons. The van der Waals surface area contributed by atoms with Crippen molar-refractivity contribution in [2.75, 3.05) is 18.9 Å². The zero-order valence-corrected chi connectivity index (χ0v) is 14.2. The molecule has 0 saturated carbocycles. The van der Waals surface area contributed by atoms with E-state index in [4.69, 9.17) is 15.6 Å². The van der Waals surface area contributed by atoms with Crippen LogP contribution in [0.15, 0.2) is 41.5 Å². The number of ketones is 1. The van der Waals surface area contributed by atoms with E-state index in [-0.39, 0.29) is 42.8 Å². The summed E-state index contributed by atoms with van der Waals surface area (Å²) in [5.74, 6) is -0.325. The second-order valence-corrected chi connectivity index (χ2v) is 5.70. The number of benzene rings is 1. The summed E-state index contributed by atoms with van der Waals surface area (Å²) in [6, 6.07) is 7.85. The van der Waals surface area contributed by atoms with Crippen molar-refractivity contribution in [1.82, 2.24) is 19.1 Å². The van der Waals surface area contributed by atoms with E-state index >= 15 is 0 Å². The maximum Gasteiger partial charge on any atom is 0.283 e. The molecule has 3 aromatic rings. The smallest absolute Gasteiger partial charge is 0.283 e. The lowest BCUT2D eigenvalue weighted by Gasteiger charge is -2.16. The lowest BCUT2D eigenvalue weighted by Crippen LogP contribution is -2.31. The fourth-order valence-corrected chi connectivity index (χ4v) is 2.68. The van der Waals surface area contributed by atoms with E-state index in [9.17, 15) is 9.59 Å². The summed E-state index contributed by atoms with van der Waals surface area (Å²) < 4.78 is 7.87. The van der Waals surface area contributed by atoms with Crippen LogP contribution in [-0.4, -0.2) is 43.2 Å². The van der Waals surface area contributed by atoms with Crippen LogP contribution in [-0.2, 0) is 11.5 Å². The number of rotatable bonds is 7. The summed E-state index contributed by atoms with van der Waals surface area (Å²) in [5, 5.41) is 8.77. The number of carbonyl (C=O) groups excluding carboxylic acids is 1. The molecule has 0 aliphatic carbocycles. The van der Waals surface area contributed by atoms with Gasteiger partial charge in [-0.1, -0.05) is 30.3 Å². The van der Waals surface area contributed by atoms with Gasteiger partial charge in [0.1, 0.15) is 12.8 Å². The number of fused-ring (bicyclic) bond motifs is 1. The molecule has 3 N–H and O–H groups in total. The Morgan fingerprint density at radius 2 is 2.08 bits per heavy atom. The maximum absolute atomic E-state index is 12.8. The molecule has 0 radical (unpaired) electrons. The number of anilines is 1. The van der Waals surface area contributed by atoms with Gasteiger partial charge in [0.25, 0.3) is 5.56 Å². The molecule has 0 aliphatic rings. The minimum Gasteiger partial charge on any atom is -0.394 e. The quantitative estimate of drug-likeness (QED) is 0.468. The molecule has 26 heavy (non-hydrogen) atoms. The highest BCUT2D eigenvalue weighted by atomic mass is 16.5. The fraction of sp³-hybridized carbons (Fsp3) is 0.294. The molecule has 3 rings (SSSR count). The first kappa shape index (κ1) is 17.8. The summed E-state index contributed by atoms with van der Waals surface area (Å²) in [4.78, 5) is 33.7. The number of aromatic nitrogens is 4. The van der Waals surface area contributed by atoms with Gasteiger partial charge in [-0.25, -0.2) is 4.98 Å². The van der Waals surface area contributed by atoms with E-state index in [2.05, 4.69) is 9.97 Å². The number of nitrogens with two attached hydrogens (primary N) is 1. The number of imidazole rings is 1. The summed E-state index contributed by atoms with van der Waals surface area (Å²) in [6.45, 7) is 1.70. The largest absolute Gasteiger partial charge is 0.394 e. The number of hydrogen-bond acceptors (Lipinski definition) is 7. The molecule has 0 bridgehead atoms. The van der Waals surface area contributed by atoms with E-state index in [0.717, 1.165) is 4.57 Å². The Labute approximate surface area is 148 Å². The first-order chi connectivity index (χ1) is 12.5. The second kappa shape index (κ2) is 7.46. The van der Waals surface area contributed by atoms with Crippen LogP contribution in [0.5, 0.6) is 0 Å². The third kappa shape index (κ3) is 3.22. The molecule has 9 heteroatoms. The van der Waals surface area contributed by atoms with Crippen molar-refractivity contribution in [3.05, 3.63) is 52.6 Å². The molecule has 2 heterocycles. The Balaban J connectivity index is 1.99. The van der Waals surface area contributed by atoms with Gasteiger partial charge in [-0.2, -0.15) is 4.98 Å². The molecule has 1 atom stereocenters. The monoisotopic (exact) mass is 357 g/mol. The molecule has 9 nitrogen and oxygen atoms in total. The van der Waals surface area contributed by atoms with Crippen LogP contribution in [0, 0.1) is 0 Å². The van der Waals surface area contributed by atoms with Crippen LogP contribution in [0.25, 0.3) is 11.2 Å². The van der Waals surface area contributed by atoms with Crippen molar-refractivity contribution in [2.24, 2.45) is 0 Å². The number of carbonyl (C=O) groups is 1. The molecule has 0 amide bonds. The first-order valence-electron chi connectivity index (χ1n) is 8.05. The van der Waals surface area contributed by atoms with E-state index < -0.39 is 11.6 Å². The van der Waals surface area contributed by atoms with Crippen molar-refractivity contribution in [3.63, 3.8) is 0 Å². The molecule has 0 saturated heterocycles. The predicted molar refractivity (Wildman–Crippen MR) is 94.7 cm³/mol. The Hall–Kier alpha value is -3.04. The van der Waals surface area contributed by atoms with Gasteiger partial charge < -0.3 is 15.6 Å². The van der Waals surface area contributed by atoms with Crippen LogP contribution >= 0.6 is 0 Å². The molecule has 1 aromatic carbocycles. The minimum atomic E-state index is -0.822. The van der Waals surface area contributed by atoms with E-state index in [0.29, 0.717) is 5.56 Å². The van der Waals surface area contributed by atoms with E-state index in [1.165, 1.54) is 10.9 Å². The van der Waals surface area contributed by atoms with Gasteiger partial charge >= 0.3 is 0 Å². The Kier molecular flexibility index (Phi) is 5.10. The normalized spacial score (nSPS) is 12.4. The number of ether oxygens (including phenoxy) is 1. The molecule has 0 aliphatic heterocycles. The lowest BCUT2D eigenvalue weighted by atomic mass is 10.1. The number of Topliss-reactive ketones (excluding diaryl/α,β-unsaturated/α-hetero) is 1. The molecule has 1 unspecified atom stereocenters. The third-order valence-electron chi connectivity index (χ3n) is 3.99. The number of aliphatic hydroxyl groups is 1. The van der Waals surface area contributed by atoms with Crippen LogP contribution in [0.2, 0.25) is 0 Å². The van der Waals surface area contributed by atoms with Crippen molar-refractivity contribution in [1.29, 1.82) is 0 Å². The highest BCUT2D eigenvalue weighted by Crippen LogP contribution is 2.17. The predicted octanol–water partition coefficient (Wildman–Crippen LogP) is 0.585. The van der Waals surface area contributed by atoms with Gasteiger partial charge in [0.2, 0.25) is 5.95 Å². The van der Waals surface area contributed by atoms with Gasteiger partial charge in [-0.3, -0.25) is 18.7 Å². The molecule has 0 spiro atoms. The van der Waals surface area contributed by atoms with Crippen LogP contribution in [0.4, 0.5) is 5.95 Å². The zero-order chi connectivity index (χ0) is 18.7. The minimum absolute atomic E-state index is 0.0749. The highest BCUT2D eigenvalue weighted by molar-refractivity contribution is 5.99. The Bertz CT molecular complexity index is 980. The molecule has 0 fully saturated rings. The van der Waals surface area contributed by atoms with Crippen LogP contribution < -0.4 is 11.3 Å². The molecule has 2 aromatic heterocycles. The summed E-state index contributed by atoms with van der Waals surface area (Å²) >= 11 is 0. The molecular formula is C17H19N5O4. The van der Waals surface area contributed by atoms with Crippen molar-refractivity contribution >= 4 is 22.9 Å². The fourth-order valence-electron chi connectivity index (χ4n) is 2.68. The Morgan fingerprint density at radius 1 is 1.35 bits per heavy atom. The number of hydrogen-bond donors (Lipinski definition) is 2. The SMILES string of the molecule is CC(C(=O)c1ccccc1)n1c(N)nc2c(ncn2COCCO)c1=O. The third-order valence-corrected chi connectivity index (χ3v) is 3.99. The van der Waals surface area contributed by atoms with E-state index in [1.54, 1.807) is 37.3 Å². The number of nitrogens with zero attached hydrogens (tertiary/aromatic N) is 4. The first-order valence-corrected chi connectivity index (χ1v) is 8.05. The standard InChI is InChI=1S/C17H19N5O4/c1-11(14(24)12-5-3-2-4-6-12)22-16(25)13-15(20-17(22)18)21(9-19-13)10-26-8-7-23/h2-6,9,11,23H,7-8,10H2,1H3,(H2,18,20). The van der Waals surface area contributed by atoms with Crippen molar-refractivity contribution in [2.45, 2.75) is 19.7 Å². The maximum atomic E-state index is 12.8. The summed E-state index contributed by atoms with van der Waals surface area (Å²) in [7, 11) is 0. The molecular weight excluding hydrogens is 338 g/mol. The van der Waals surface area contributed by atoms with Gasteiger partial charge in [0.15, 0.2) is 16.9 Å². The van der Waals surface area contributed by atoms with Crippen LogP contribution in [0.3, 0.4) is 0 Å². The topological polar surface area (TPSA) is 125 Å². The lowest BCUT2D eigenvalue weighted by molar-refractivity contribution is 0.0499. The van der Waals surface area contributed by atoms with E-state index in [1.807, 2.05) is 0 Å². The highest BCUT2D eigenvalue weighted by Gasteiger charge is 2.23. The number of aliphatic hydroxyl groups excluding tert-OH is 1. The summed E-state index contributed by atoms with van der Waals surface area (Å²) in [5.41, 5.74) is 6.31. The summed E-state index contributed by atoms with van der Waals surface area (Å²) in [6.07, 6.45) is 1.41. The van der Waals surface area contributed by atoms with Crippen LogP contribution in [0.1, 0.15) is 23.3 Å². The van der Waals surface area contributed by atoms with Gasteiger partial charge in [-0.05, 0) is 6.92 Å².